The van der Waals surface area contributed by atoms with E-state index in [0.717, 1.165) is 5.69 Å². The molecule has 6 nitrogen and oxygen atoms in total. The molecule has 0 aliphatic heterocycles. The lowest BCUT2D eigenvalue weighted by Gasteiger charge is -2.03. The molecule has 0 saturated carbocycles. The third-order valence-corrected chi connectivity index (χ3v) is 3.02. The smallest absolute Gasteiger partial charge is 0.274 e. The average Bonchev–Trinajstić information content (AvgIpc) is 2.80. The molecule has 0 saturated heterocycles. The maximum Gasteiger partial charge on any atom is 0.274 e. The van der Waals surface area contributed by atoms with Crippen molar-refractivity contribution in [3.63, 3.8) is 0 Å². The summed E-state index contributed by atoms with van der Waals surface area (Å²) in [6.07, 6.45) is 0. The van der Waals surface area contributed by atoms with Gasteiger partial charge in [-0.05, 0) is 25.1 Å². The first kappa shape index (κ1) is 12.7. The SMILES string of the molecule is Cc1cc(=O)n2[nH]c(CNc3cccc(Cl)c3)nc2n1. The van der Waals surface area contributed by atoms with Crippen LogP contribution in [0.5, 0.6) is 0 Å². The Morgan fingerprint density at radius 2 is 2.20 bits per heavy atom. The summed E-state index contributed by atoms with van der Waals surface area (Å²) in [7, 11) is 0. The third-order valence-electron chi connectivity index (χ3n) is 2.79. The number of fused-ring (bicyclic) bond motifs is 1. The maximum atomic E-state index is 11.7. The van der Waals surface area contributed by atoms with E-state index in [1.54, 1.807) is 13.0 Å². The van der Waals surface area contributed by atoms with Crippen molar-refractivity contribution in [3.05, 3.63) is 57.2 Å². The van der Waals surface area contributed by atoms with Crippen molar-refractivity contribution >= 4 is 23.1 Å². The highest BCUT2D eigenvalue weighted by atomic mass is 35.5. The minimum atomic E-state index is -0.172. The number of hydrogen-bond acceptors (Lipinski definition) is 4. The van der Waals surface area contributed by atoms with Crippen LogP contribution in [-0.4, -0.2) is 19.6 Å². The number of nitrogens with zero attached hydrogens (tertiary/aromatic N) is 3. The van der Waals surface area contributed by atoms with Gasteiger partial charge in [-0.2, -0.15) is 9.50 Å². The van der Waals surface area contributed by atoms with Gasteiger partial charge in [0.2, 0.25) is 0 Å². The summed E-state index contributed by atoms with van der Waals surface area (Å²) in [4.78, 5) is 20.2. The van der Waals surface area contributed by atoms with Crippen LogP contribution in [0, 0.1) is 6.92 Å². The van der Waals surface area contributed by atoms with Crippen molar-refractivity contribution in [2.45, 2.75) is 13.5 Å². The van der Waals surface area contributed by atoms with Gasteiger partial charge in [-0.25, -0.2) is 4.98 Å². The molecule has 0 amide bonds. The molecule has 0 radical (unpaired) electrons. The summed E-state index contributed by atoms with van der Waals surface area (Å²) in [5, 5.41) is 6.75. The Kier molecular flexibility index (Phi) is 3.15. The van der Waals surface area contributed by atoms with Crippen LogP contribution in [0.1, 0.15) is 11.5 Å². The van der Waals surface area contributed by atoms with Crippen LogP contribution in [0.15, 0.2) is 35.1 Å². The highest BCUT2D eigenvalue weighted by molar-refractivity contribution is 6.30. The quantitative estimate of drug-likeness (QED) is 0.773. The van der Waals surface area contributed by atoms with Crippen LogP contribution in [-0.2, 0) is 6.54 Å². The predicted octanol–water partition coefficient (Wildman–Crippen LogP) is 1.99. The van der Waals surface area contributed by atoms with Crippen molar-refractivity contribution in [2.24, 2.45) is 0 Å². The maximum absolute atomic E-state index is 11.7. The Balaban J connectivity index is 1.85. The van der Waals surface area contributed by atoms with E-state index in [1.165, 1.54) is 10.6 Å². The topological polar surface area (TPSA) is 75.1 Å². The van der Waals surface area contributed by atoms with Gasteiger partial charge in [0.1, 0.15) is 5.82 Å². The molecular weight excluding hydrogens is 278 g/mol. The summed E-state index contributed by atoms with van der Waals surface area (Å²) in [5.74, 6) is 0.998. The van der Waals surface area contributed by atoms with Gasteiger partial charge in [0.15, 0.2) is 0 Å². The standard InChI is InChI=1S/C13H12ClN5O/c1-8-5-12(20)19-13(16-8)17-11(18-19)7-15-10-4-2-3-9(14)6-10/h2-6,15H,7H2,1H3,(H,16,17,18). The van der Waals surface area contributed by atoms with Crippen molar-refractivity contribution in [2.75, 3.05) is 5.32 Å². The van der Waals surface area contributed by atoms with Crippen molar-refractivity contribution in [3.8, 4) is 0 Å². The number of aromatic amines is 1. The molecule has 2 heterocycles. The highest BCUT2D eigenvalue weighted by Gasteiger charge is 2.06. The molecule has 20 heavy (non-hydrogen) atoms. The number of H-pyrrole nitrogens is 1. The summed E-state index contributed by atoms with van der Waals surface area (Å²) in [5.41, 5.74) is 1.36. The Labute approximate surface area is 119 Å². The number of hydrogen-bond donors (Lipinski definition) is 2. The second kappa shape index (κ2) is 4.97. The molecule has 2 N–H and O–H groups in total. The Morgan fingerprint density at radius 3 is 3.00 bits per heavy atom. The zero-order valence-corrected chi connectivity index (χ0v) is 11.5. The first-order valence-corrected chi connectivity index (χ1v) is 6.44. The van der Waals surface area contributed by atoms with Gasteiger partial charge in [0.05, 0.1) is 6.54 Å². The second-order valence-electron chi connectivity index (χ2n) is 4.41. The molecular formula is C13H12ClN5O. The fourth-order valence-electron chi connectivity index (χ4n) is 1.90. The van der Waals surface area contributed by atoms with Crippen LogP contribution in [0.25, 0.3) is 5.78 Å². The first-order chi connectivity index (χ1) is 9.61. The number of halogens is 1. The molecule has 0 aliphatic rings. The highest BCUT2D eigenvalue weighted by Crippen LogP contribution is 2.15. The van der Waals surface area contributed by atoms with Crippen LogP contribution in [0.3, 0.4) is 0 Å². The average molecular weight is 290 g/mol. The van der Waals surface area contributed by atoms with E-state index >= 15 is 0 Å². The van der Waals surface area contributed by atoms with Gasteiger partial charge in [-0.3, -0.25) is 9.89 Å². The predicted molar refractivity (Wildman–Crippen MR) is 77.1 cm³/mol. The molecule has 3 aromatic rings. The number of rotatable bonds is 3. The van der Waals surface area contributed by atoms with Crippen LogP contribution < -0.4 is 10.9 Å². The van der Waals surface area contributed by atoms with E-state index in [4.69, 9.17) is 11.6 Å². The van der Waals surface area contributed by atoms with E-state index < -0.39 is 0 Å². The Morgan fingerprint density at radius 1 is 1.35 bits per heavy atom. The number of aromatic nitrogens is 4. The largest absolute Gasteiger partial charge is 0.378 e. The minimum absolute atomic E-state index is 0.172. The van der Waals surface area contributed by atoms with Crippen LogP contribution in [0.4, 0.5) is 5.69 Å². The molecule has 7 heteroatoms. The summed E-state index contributed by atoms with van der Waals surface area (Å²) < 4.78 is 1.32. The number of nitrogens with one attached hydrogen (secondary N) is 2. The summed E-state index contributed by atoms with van der Waals surface area (Å²) in [6, 6.07) is 8.85. The molecule has 0 unspecified atom stereocenters. The Hall–Kier alpha value is -2.34. The van der Waals surface area contributed by atoms with Crippen LogP contribution >= 0.6 is 11.6 Å². The number of benzene rings is 1. The molecule has 0 spiro atoms. The van der Waals surface area contributed by atoms with Crippen molar-refractivity contribution in [1.82, 2.24) is 19.6 Å². The number of aryl methyl sites for hydroxylation is 1. The molecule has 0 aliphatic carbocycles. The van der Waals surface area contributed by atoms with Gasteiger partial charge < -0.3 is 5.32 Å². The lowest BCUT2D eigenvalue weighted by molar-refractivity contribution is 0.852. The van der Waals surface area contributed by atoms with Crippen molar-refractivity contribution < 1.29 is 0 Å². The molecule has 0 bridgehead atoms. The molecule has 1 aromatic carbocycles. The molecule has 2 aromatic heterocycles. The second-order valence-corrected chi connectivity index (χ2v) is 4.84. The van der Waals surface area contributed by atoms with Gasteiger partial charge >= 0.3 is 0 Å². The van der Waals surface area contributed by atoms with Gasteiger partial charge in [-0.15, -0.1) is 0 Å². The van der Waals surface area contributed by atoms with Gasteiger partial charge in [0, 0.05) is 22.5 Å². The van der Waals surface area contributed by atoms with Gasteiger partial charge in [-0.1, -0.05) is 17.7 Å². The van der Waals surface area contributed by atoms with Gasteiger partial charge in [0.25, 0.3) is 11.3 Å². The zero-order valence-electron chi connectivity index (χ0n) is 10.7. The van der Waals surface area contributed by atoms with E-state index in [1.807, 2.05) is 18.2 Å². The fourth-order valence-corrected chi connectivity index (χ4v) is 2.09. The number of anilines is 1. The Bertz CT molecular complexity index is 823. The van der Waals surface area contributed by atoms with Crippen LogP contribution in [0.2, 0.25) is 5.02 Å². The molecule has 3 rings (SSSR count). The minimum Gasteiger partial charge on any atom is -0.378 e. The van der Waals surface area contributed by atoms with E-state index in [0.29, 0.717) is 28.9 Å². The van der Waals surface area contributed by atoms with E-state index in [-0.39, 0.29) is 5.56 Å². The molecule has 102 valence electrons. The lowest BCUT2D eigenvalue weighted by atomic mass is 10.3. The lowest BCUT2D eigenvalue weighted by Crippen LogP contribution is -2.14. The van der Waals surface area contributed by atoms with Crippen molar-refractivity contribution in [1.29, 1.82) is 0 Å². The normalized spacial score (nSPS) is 10.9. The molecule has 0 fully saturated rings. The summed E-state index contributed by atoms with van der Waals surface area (Å²) in [6.45, 7) is 2.21. The molecule has 0 atom stereocenters. The fraction of sp³-hybridized carbons (Fsp3) is 0.154. The third kappa shape index (κ3) is 2.50. The van der Waals surface area contributed by atoms with E-state index in [2.05, 4.69) is 20.4 Å². The summed E-state index contributed by atoms with van der Waals surface area (Å²) >= 11 is 5.91. The monoisotopic (exact) mass is 289 g/mol. The zero-order chi connectivity index (χ0) is 14.1. The van der Waals surface area contributed by atoms with E-state index in [9.17, 15) is 4.79 Å². The first-order valence-electron chi connectivity index (χ1n) is 6.06.